The third kappa shape index (κ3) is 5.33. The number of nitriles is 2. The lowest BCUT2D eigenvalue weighted by Gasteiger charge is -2.34. The van der Waals surface area contributed by atoms with Crippen molar-refractivity contribution in [3.63, 3.8) is 0 Å². The number of rotatable bonds is 6. The van der Waals surface area contributed by atoms with Crippen molar-refractivity contribution in [1.82, 2.24) is 9.13 Å². The first-order chi connectivity index (χ1) is 36.7. The van der Waals surface area contributed by atoms with Gasteiger partial charge in [-0.2, -0.15) is 10.5 Å². The molecule has 2 aliphatic carbocycles. The van der Waals surface area contributed by atoms with Crippen molar-refractivity contribution in [1.29, 1.82) is 10.5 Å². The molecule has 0 atom stereocenters. The Labute approximate surface area is 428 Å². The summed E-state index contributed by atoms with van der Waals surface area (Å²) in [7, 11) is 0. The Kier molecular flexibility index (Phi) is 8.89. The molecule has 342 valence electrons. The van der Waals surface area contributed by atoms with Gasteiger partial charge in [-0.1, -0.05) is 218 Å². The lowest BCUT2D eigenvalue weighted by atomic mass is 9.67. The highest BCUT2D eigenvalue weighted by Gasteiger charge is 2.49. The van der Waals surface area contributed by atoms with Gasteiger partial charge >= 0.3 is 0 Å². The molecule has 2 heterocycles. The van der Waals surface area contributed by atoms with E-state index in [2.05, 4.69) is 270 Å². The Morgan fingerprint density at radius 1 is 0.297 bits per heavy atom. The fraction of sp³-hybridized carbons (Fsp3) is 0.0286. The van der Waals surface area contributed by atoms with Crippen molar-refractivity contribution in [3.8, 4) is 45.8 Å². The average Bonchev–Trinajstić information content (AvgIpc) is 4.25. The van der Waals surface area contributed by atoms with Crippen LogP contribution >= 0.6 is 0 Å². The van der Waals surface area contributed by atoms with Gasteiger partial charge in [-0.15, -0.1) is 0 Å². The molecule has 0 bridgehead atoms. The molecule has 0 spiro atoms. The van der Waals surface area contributed by atoms with Crippen molar-refractivity contribution in [2.45, 2.75) is 10.8 Å². The summed E-state index contributed by atoms with van der Waals surface area (Å²) in [6, 6.07) is 96.7. The summed E-state index contributed by atoms with van der Waals surface area (Å²) in [6.07, 6.45) is 0. The molecule has 2 aliphatic rings. The Morgan fingerprint density at radius 3 is 1.01 bits per heavy atom. The Bertz CT molecular complexity index is 4180. The predicted molar refractivity (Wildman–Crippen MR) is 299 cm³/mol. The van der Waals surface area contributed by atoms with Crippen LogP contribution < -0.4 is 0 Å². The molecule has 4 heteroatoms. The molecule has 0 fully saturated rings. The smallest absolute Gasteiger partial charge is 0.101 e. The fourth-order valence-corrected chi connectivity index (χ4v) is 13.6. The summed E-state index contributed by atoms with van der Waals surface area (Å²) in [6.45, 7) is 0. The molecule has 0 N–H and O–H groups in total. The number of hydrogen-bond acceptors (Lipinski definition) is 2. The van der Waals surface area contributed by atoms with Crippen LogP contribution in [-0.2, 0) is 10.8 Å². The summed E-state index contributed by atoms with van der Waals surface area (Å²) in [5, 5.41) is 27.0. The van der Waals surface area contributed by atoms with Gasteiger partial charge in [-0.05, 0) is 103 Å². The fourth-order valence-electron chi connectivity index (χ4n) is 13.6. The zero-order valence-corrected chi connectivity index (χ0v) is 40.0. The van der Waals surface area contributed by atoms with Crippen molar-refractivity contribution in [3.05, 3.63) is 310 Å². The highest BCUT2D eigenvalue weighted by Crippen LogP contribution is 2.61. The first-order valence-electron chi connectivity index (χ1n) is 25.2. The standard InChI is InChI=1S/C70H42N4/c71-43-45-41-46(44-72)64(74-60-36-20-16-32-56(60)66-62(74)40-38-54-52-30-14-18-34-58(52)70(68(54)66,49-25-9-3-10-26-49)50-27-11-4-12-28-50)42-63(45)73-59-35-19-15-31-55(59)65-61(73)39-37-53-51-29-13-17-33-57(51)69(67(53)65,47-21-5-1-6-22-47)48-23-7-2-8-24-48/h1-42H. The topological polar surface area (TPSA) is 57.4 Å². The van der Waals surface area contributed by atoms with E-state index in [-0.39, 0.29) is 0 Å². The van der Waals surface area contributed by atoms with E-state index in [0.29, 0.717) is 22.5 Å². The van der Waals surface area contributed by atoms with E-state index in [1.54, 1.807) is 6.07 Å². The normalized spacial score (nSPS) is 13.6. The zero-order valence-electron chi connectivity index (χ0n) is 40.0. The number of benzene rings is 11. The van der Waals surface area contributed by atoms with Crippen LogP contribution in [-0.4, -0.2) is 9.13 Å². The van der Waals surface area contributed by atoms with E-state index in [1.165, 1.54) is 66.8 Å². The van der Waals surface area contributed by atoms with Crippen LogP contribution in [0.15, 0.2) is 255 Å². The van der Waals surface area contributed by atoms with E-state index in [9.17, 15) is 10.5 Å². The molecule has 2 aromatic heterocycles. The van der Waals surface area contributed by atoms with E-state index >= 15 is 0 Å². The Hall–Kier alpha value is -10.0. The van der Waals surface area contributed by atoms with Crippen LogP contribution in [0.5, 0.6) is 0 Å². The number of para-hydroxylation sites is 2. The monoisotopic (exact) mass is 938 g/mol. The second-order valence-corrected chi connectivity index (χ2v) is 19.6. The second kappa shape index (κ2) is 15.7. The maximum Gasteiger partial charge on any atom is 0.101 e. The van der Waals surface area contributed by atoms with Gasteiger partial charge in [0.2, 0.25) is 0 Å². The Balaban J connectivity index is 1.06. The van der Waals surface area contributed by atoms with E-state index in [4.69, 9.17) is 0 Å². The molecule has 0 aliphatic heterocycles. The van der Waals surface area contributed by atoms with Gasteiger partial charge in [-0.25, -0.2) is 0 Å². The number of fused-ring (bicyclic) bond motifs is 14. The molecule has 15 rings (SSSR count). The number of hydrogen-bond donors (Lipinski definition) is 0. The highest BCUT2D eigenvalue weighted by atomic mass is 15.0. The lowest BCUT2D eigenvalue weighted by molar-refractivity contribution is 0.776. The van der Waals surface area contributed by atoms with E-state index in [1.807, 2.05) is 0 Å². The summed E-state index contributed by atoms with van der Waals surface area (Å²) in [5.74, 6) is 0. The largest absolute Gasteiger partial charge is 0.308 e. The van der Waals surface area contributed by atoms with Gasteiger partial charge in [-0.3, -0.25) is 0 Å². The maximum absolute atomic E-state index is 11.3. The third-order valence-corrected chi connectivity index (χ3v) is 16.3. The molecule has 74 heavy (non-hydrogen) atoms. The van der Waals surface area contributed by atoms with Crippen LogP contribution in [0.3, 0.4) is 0 Å². The number of nitrogens with zero attached hydrogens (tertiary/aromatic N) is 4. The summed E-state index contributed by atoms with van der Waals surface area (Å²) >= 11 is 0. The first-order valence-corrected chi connectivity index (χ1v) is 25.2. The van der Waals surface area contributed by atoms with Crippen LogP contribution in [0.1, 0.15) is 55.6 Å². The molecule has 0 unspecified atom stereocenters. The summed E-state index contributed by atoms with van der Waals surface area (Å²) < 4.78 is 4.55. The number of aromatic nitrogens is 2. The summed E-state index contributed by atoms with van der Waals surface area (Å²) in [4.78, 5) is 0. The molecular weight excluding hydrogens is 897 g/mol. The minimum Gasteiger partial charge on any atom is -0.308 e. The molecular formula is C70H42N4. The van der Waals surface area contributed by atoms with Gasteiger partial charge in [0.15, 0.2) is 0 Å². The molecule has 0 saturated carbocycles. The highest BCUT2D eigenvalue weighted by molar-refractivity contribution is 6.17. The van der Waals surface area contributed by atoms with Crippen LogP contribution in [0, 0.1) is 22.7 Å². The van der Waals surface area contributed by atoms with Crippen molar-refractivity contribution >= 4 is 43.6 Å². The van der Waals surface area contributed by atoms with Crippen molar-refractivity contribution in [2.75, 3.05) is 0 Å². The first kappa shape index (κ1) is 41.8. The molecule has 11 aromatic carbocycles. The SMILES string of the molecule is N#Cc1cc(C#N)c(-n2c3ccccc3c3c4c(ccc32)-c2ccccc2C4(c2ccccc2)c2ccccc2)cc1-n1c2ccccc2c2c3c(ccc21)-c1ccccc1C3(c1ccccc1)c1ccccc1. The maximum atomic E-state index is 11.3. The van der Waals surface area contributed by atoms with Gasteiger partial charge in [0.25, 0.3) is 0 Å². The molecule has 0 radical (unpaired) electrons. The van der Waals surface area contributed by atoms with Crippen LogP contribution in [0.4, 0.5) is 0 Å². The predicted octanol–water partition coefficient (Wildman–Crippen LogP) is 16.4. The minimum absolute atomic E-state index is 0.415. The zero-order chi connectivity index (χ0) is 49.1. The molecule has 0 saturated heterocycles. The van der Waals surface area contributed by atoms with Gasteiger partial charge < -0.3 is 9.13 Å². The quantitative estimate of drug-likeness (QED) is 0.167. The van der Waals surface area contributed by atoms with Crippen LogP contribution in [0.2, 0.25) is 0 Å². The third-order valence-electron chi connectivity index (χ3n) is 16.3. The van der Waals surface area contributed by atoms with E-state index in [0.717, 1.165) is 43.6 Å². The van der Waals surface area contributed by atoms with Gasteiger partial charge in [0, 0.05) is 21.5 Å². The minimum atomic E-state index is -0.658. The Morgan fingerprint density at radius 2 is 0.635 bits per heavy atom. The lowest BCUT2D eigenvalue weighted by Crippen LogP contribution is -2.28. The molecule has 0 amide bonds. The molecule has 13 aromatic rings. The molecule has 4 nitrogen and oxygen atoms in total. The van der Waals surface area contributed by atoms with Crippen LogP contribution in [0.25, 0.3) is 77.2 Å². The second-order valence-electron chi connectivity index (χ2n) is 19.6. The van der Waals surface area contributed by atoms with Crippen molar-refractivity contribution in [2.24, 2.45) is 0 Å². The van der Waals surface area contributed by atoms with Gasteiger partial charge in [0.1, 0.15) is 12.1 Å². The van der Waals surface area contributed by atoms with E-state index < -0.39 is 10.8 Å². The van der Waals surface area contributed by atoms with Gasteiger partial charge in [0.05, 0.1) is 55.4 Å². The van der Waals surface area contributed by atoms with Crippen molar-refractivity contribution < 1.29 is 0 Å². The summed E-state index contributed by atoms with van der Waals surface area (Å²) in [5.41, 5.74) is 19.3. The average molecular weight is 939 g/mol.